The first-order valence-electron chi connectivity index (χ1n) is 3.65. The Labute approximate surface area is 83.3 Å². The molecule has 1 aromatic rings. The van der Waals surface area contributed by atoms with Crippen LogP contribution in [0.25, 0.3) is 0 Å². The van der Waals surface area contributed by atoms with Gasteiger partial charge < -0.3 is 5.11 Å². The number of rotatable bonds is 3. The average molecular weight is 222 g/mol. The lowest BCUT2D eigenvalue weighted by Crippen LogP contribution is -2.03. The molecular weight excluding hydrogens is 216 g/mol. The summed E-state index contributed by atoms with van der Waals surface area (Å²) in [6.07, 6.45) is -2.07. The lowest BCUT2D eigenvalue weighted by molar-refractivity contribution is -0.136. The smallest absolute Gasteiger partial charge is 0.307 e. The molecule has 0 saturated carbocycles. The van der Waals surface area contributed by atoms with Crippen molar-refractivity contribution in [1.29, 1.82) is 0 Å². The highest BCUT2D eigenvalue weighted by Crippen LogP contribution is 2.27. The van der Waals surface area contributed by atoms with Gasteiger partial charge in [-0.15, -0.1) is 0 Å². The van der Waals surface area contributed by atoms with Crippen molar-refractivity contribution in [1.82, 2.24) is 4.98 Å². The highest BCUT2D eigenvalue weighted by Gasteiger charge is 2.17. The Morgan fingerprint density at radius 3 is 2.79 bits per heavy atom. The molecule has 0 aromatic carbocycles. The molecule has 0 amide bonds. The van der Waals surface area contributed by atoms with Gasteiger partial charge in [0.25, 0.3) is 6.43 Å². The van der Waals surface area contributed by atoms with E-state index in [9.17, 15) is 13.6 Å². The van der Waals surface area contributed by atoms with E-state index in [1.165, 1.54) is 6.07 Å². The second-order valence-corrected chi connectivity index (χ2v) is 2.92. The Kier molecular flexibility index (Phi) is 3.35. The Balaban J connectivity index is 3.07. The van der Waals surface area contributed by atoms with E-state index in [4.69, 9.17) is 16.7 Å². The molecule has 1 aromatic heterocycles. The van der Waals surface area contributed by atoms with Gasteiger partial charge in [0.15, 0.2) is 0 Å². The number of hydrogen-bond acceptors (Lipinski definition) is 2. The Hall–Kier alpha value is -1.23. The summed E-state index contributed by atoms with van der Waals surface area (Å²) in [6.45, 7) is 0. The third-order valence-corrected chi connectivity index (χ3v) is 1.98. The van der Waals surface area contributed by atoms with Gasteiger partial charge in [-0.25, -0.2) is 8.78 Å². The first-order valence-corrected chi connectivity index (χ1v) is 4.03. The van der Waals surface area contributed by atoms with E-state index in [-0.39, 0.29) is 17.0 Å². The van der Waals surface area contributed by atoms with Crippen LogP contribution in [0.5, 0.6) is 0 Å². The molecule has 0 fully saturated rings. The topological polar surface area (TPSA) is 50.2 Å². The van der Waals surface area contributed by atoms with Crippen LogP contribution in [-0.4, -0.2) is 16.1 Å². The predicted octanol–water partition coefficient (Wildman–Crippen LogP) is 2.30. The van der Waals surface area contributed by atoms with Crippen LogP contribution in [0.15, 0.2) is 12.3 Å². The number of carboxylic acid groups (broad SMARTS) is 1. The van der Waals surface area contributed by atoms with Crippen LogP contribution in [0.2, 0.25) is 5.02 Å². The molecule has 1 heterocycles. The number of halogens is 3. The van der Waals surface area contributed by atoms with Crippen molar-refractivity contribution < 1.29 is 18.7 Å². The van der Waals surface area contributed by atoms with Crippen LogP contribution in [0.3, 0.4) is 0 Å². The predicted molar refractivity (Wildman–Crippen MR) is 45.5 cm³/mol. The van der Waals surface area contributed by atoms with Crippen molar-refractivity contribution >= 4 is 17.6 Å². The normalized spacial score (nSPS) is 10.6. The molecule has 14 heavy (non-hydrogen) atoms. The van der Waals surface area contributed by atoms with Gasteiger partial charge in [-0.2, -0.15) is 0 Å². The Morgan fingerprint density at radius 2 is 2.29 bits per heavy atom. The van der Waals surface area contributed by atoms with Crippen molar-refractivity contribution in [2.45, 2.75) is 12.8 Å². The van der Waals surface area contributed by atoms with Gasteiger partial charge in [-0.1, -0.05) is 11.6 Å². The molecule has 0 aliphatic rings. The first-order chi connectivity index (χ1) is 6.52. The largest absolute Gasteiger partial charge is 0.481 e. The molecule has 76 valence electrons. The van der Waals surface area contributed by atoms with Gasteiger partial charge in [0, 0.05) is 6.20 Å². The molecule has 1 rings (SSSR count). The zero-order valence-electron chi connectivity index (χ0n) is 6.88. The highest BCUT2D eigenvalue weighted by atomic mass is 35.5. The van der Waals surface area contributed by atoms with Crippen LogP contribution >= 0.6 is 11.6 Å². The van der Waals surface area contributed by atoms with Crippen LogP contribution in [0, 0.1) is 0 Å². The molecular formula is C8H6ClF2NO2. The van der Waals surface area contributed by atoms with E-state index in [1.807, 2.05) is 0 Å². The Morgan fingerprint density at radius 1 is 1.64 bits per heavy atom. The summed E-state index contributed by atoms with van der Waals surface area (Å²) in [5, 5.41) is 8.18. The molecule has 0 atom stereocenters. The zero-order chi connectivity index (χ0) is 10.7. The molecule has 1 N–H and O–H groups in total. The minimum Gasteiger partial charge on any atom is -0.481 e. The third kappa shape index (κ3) is 2.38. The summed E-state index contributed by atoms with van der Waals surface area (Å²) in [6, 6.07) is 1.31. The molecule has 0 aliphatic carbocycles. The SMILES string of the molecule is O=C(O)Cc1ccnc(C(F)F)c1Cl. The lowest BCUT2D eigenvalue weighted by Gasteiger charge is -2.05. The minimum atomic E-state index is -2.80. The van der Waals surface area contributed by atoms with Crippen LogP contribution in [0.1, 0.15) is 17.7 Å². The third-order valence-electron chi connectivity index (χ3n) is 1.54. The van der Waals surface area contributed by atoms with Crippen LogP contribution in [0.4, 0.5) is 8.78 Å². The van der Waals surface area contributed by atoms with Crippen molar-refractivity contribution in [3.05, 3.63) is 28.5 Å². The number of carbonyl (C=O) groups is 1. The molecule has 0 spiro atoms. The number of pyridine rings is 1. The molecule has 3 nitrogen and oxygen atoms in total. The number of aromatic nitrogens is 1. The van der Waals surface area contributed by atoms with Gasteiger partial charge >= 0.3 is 5.97 Å². The van der Waals surface area contributed by atoms with E-state index in [1.54, 1.807) is 0 Å². The number of aliphatic carboxylic acids is 1. The van der Waals surface area contributed by atoms with E-state index in [0.717, 1.165) is 6.20 Å². The summed E-state index contributed by atoms with van der Waals surface area (Å²) < 4.78 is 24.5. The standard InChI is InChI=1S/C8H6ClF2NO2/c9-6-4(3-5(13)14)1-2-12-7(6)8(10)11/h1-2,8H,3H2,(H,13,14). The van der Waals surface area contributed by atoms with Crippen molar-refractivity contribution in [2.24, 2.45) is 0 Å². The van der Waals surface area contributed by atoms with Crippen molar-refractivity contribution in [3.8, 4) is 0 Å². The molecule has 6 heteroatoms. The maximum absolute atomic E-state index is 12.3. The quantitative estimate of drug-likeness (QED) is 0.852. The maximum Gasteiger partial charge on any atom is 0.307 e. The number of alkyl halides is 2. The first kappa shape index (κ1) is 10.8. The second kappa shape index (κ2) is 4.32. The maximum atomic E-state index is 12.3. The van der Waals surface area contributed by atoms with E-state index >= 15 is 0 Å². The number of hydrogen-bond donors (Lipinski definition) is 1. The summed E-state index contributed by atoms with van der Waals surface area (Å²) in [4.78, 5) is 13.7. The minimum absolute atomic E-state index is 0.143. The van der Waals surface area contributed by atoms with Crippen LogP contribution < -0.4 is 0 Å². The molecule has 0 unspecified atom stereocenters. The second-order valence-electron chi connectivity index (χ2n) is 2.54. The molecule has 0 bridgehead atoms. The number of carboxylic acids is 1. The monoisotopic (exact) mass is 221 g/mol. The summed E-state index contributed by atoms with van der Waals surface area (Å²) >= 11 is 5.54. The van der Waals surface area contributed by atoms with E-state index < -0.39 is 18.1 Å². The van der Waals surface area contributed by atoms with Gasteiger partial charge in [-0.05, 0) is 11.6 Å². The summed E-state index contributed by atoms with van der Waals surface area (Å²) in [5.74, 6) is -1.13. The van der Waals surface area contributed by atoms with Gasteiger partial charge in [0.1, 0.15) is 5.69 Å². The molecule has 0 radical (unpaired) electrons. The van der Waals surface area contributed by atoms with Gasteiger partial charge in [0.05, 0.1) is 11.4 Å². The average Bonchev–Trinajstić information content (AvgIpc) is 2.07. The Bertz CT molecular complexity index is 357. The van der Waals surface area contributed by atoms with E-state index in [2.05, 4.69) is 4.98 Å². The zero-order valence-corrected chi connectivity index (χ0v) is 7.63. The molecule has 0 saturated heterocycles. The lowest BCUT2D eigenvalue weighted by atomic mass is 10.1. The number of nitrogens with zero attached hydrogens (tertiary/aromatic N) is 1. The fourth-order valence-electron chi connectivity index (χ4n) is 0.953. The fourth-order valence-corrected chi connectivity index (χ4v) is 1.21. The highest BCUT2D eigenvalue weighted by molar-refractivity contribution is 6.32. The van der Waals surface area contributed by atoms with Gasteiger partial charge in [-0.3, -0.25) is 9.78 Å². The van der Waals surface area contributed by atoms with Crippen LogP contribution in [-0.2, 0) is 11.2 Å². The van der Waals surface area contributed by atoms with Gasteiger partial charge in [0.2, 0.25) is 0 Å². The van der Waals surface area contributed by atoms with E-state index in [0.29, 0.717) is 0 Å². The van der Waals surface area contributed by atoms with Crippen molar-refractivity contribution in [2.75, 3.05) is 0 Å². The fraction of sp³-hybridized carbons (Fsp3) is 0.250. The summed E-state index contributed by atoms with van der Waals surface area (Å²) in [5.41, 5.74) is -0.435. The van der Waals surface area contributed by atoms with Crippen molar-refractivity contribution in [3.63, 3.8) is 0 Å². The molecule has 0 aliphatic heterocycles. The summed E-state index contributed by atoms with van der Waals surface area (Å²) in [7, 11) is 0.